The number of nitrogens with zero attached hydrogens (tertiary/aromatic N) is 1. The van der Waals surface area contributed by atoms with Crippen LogP contribution in [-0.2, 0) is 10.0 Å². The molecule has 1 aromatic rings. The summed E-state index contributed by atoms with van der Waals surface area (Å²) in [6.07, 6.45) is 2.70. The Kier molecular flexibility index (Phi) is 7.75. The molecule has 0 bridgehead atoms. The molecule has 1 rings (SSSR count). The average molecular weight is 312 g/mol. The van der Waals surface area contributed by atoms with E-state index in [-0.39, 0.29) is 5.75 Å². The van der Waals surface area contributed by atoms with Gasteiger partial charge in [0.2, 0.25) is 10.0 Å². The third-order valence-electron chi connectivity index (χ3n) is 3.35. The fourth-order valence-electron chi connectivity index (χ4n) is 2.27. The van der Waals surface area contributed by atoms with Crippen LogP contribution in [0.1, 0.15) is 38.7 Å². The van der Waals surface area contributed by atoms with Crippen LogP contribution in [-0.4, -0.2) is 33.8 Å². The van der Waals surface area contributed by atoms with Gasteiger partial charge in [-0.05, 0) is 63.9 Å². The van der Waals surface area contributed by atoms with E-state index in [1.54, 1.807) is 0 Å². The highest BCUT2D eigenvalue weighted by molar-refractivity contribution is 7.92. The highest BCUT2D eigenvalue weighted by Crippen LogP contribution is 2.20. The van der Waals surface area contributed by atoms with Gasteiger partial charge >= 0.3 is 0 Å². The molecule has 0 aliphatic carbocycles. The van der Waals surface area contributed by atoms with Gasteiger partial charge in [-0.1, -0.05) is 19.1 Å². The molecule has 1 aromatic carbocycles. The molecule has 0 heterocycles. The summed E-state index contributed by atoms with van der Waals surface area (Å²) in [5.41, 5.74) is 1.84. The Hall–Kier alpha value is -1.07. The smallest absolute Gasteiger partial charge is 0.235 e. The SMILES string of the molecule is CCCNCCCCS(=O)(=O)N(CC)c1cccc(C)c1. The van der Waals surface area contributed by atoms with Gasteiger partial charge in [-0.15, -0.1) is 0 Å². The number of aryl methyl sites for hydroxylation is 1. The number of nitrogens with one attached hydrogen (secondary N) is 1. The molecule has 0 spiro atoms. The van der Waals surface area contributed by atoms with E-state index in [0.717, 1.165) is 37.2 Å². The van der Waals surface area contributed by atoms with E-state index in [2.05, 4.69) is 12.2 Å². The fourth-order valence-corrected chi connectivity index (χ4v) is 3.89. The van der Waals surface area contributed by atoms with Crippen LogP contribution in [0.4, 0.5) is 5.69 Å². The molecule has 4 nitrogen and oxygen atoms in total. The first-order chi connectivity index (χ1) is 10.0. The lowest BCUT2D eigenvalue weighted by molar-refractivity contribution is 0.582. The molecule has 0 aromatic heterocycles. The molecule has 21 heavy (non-hydrogen) atoms. The number of benzene rings is 1. The first kappa shape index (κ1) is 18.0. The Morgan fingerprint density at radius 3 is 2.52 bits per heavy atom. The van der Waals surface area contributed by atoms with Gasteiger partial charge in [0.05, 0.1) is 11.4 Å². The van der Waals surface area contributed by atoms with Crippen molar-refractivity contribution in [2.45, 2.75) is 40.0 Å². The van der Waals surface area contributed by atoms with E-state index in [0.29, 0.717) is 13.0 Å². The summed E-state index contributed by atoms with van der Waals surface area (Å²) in [6, 6.07) is 7.65. The number of unbranched alkanes of at least 4 members (excludes halogenated alkanes) is 1. The molecule has 0 fully saturated rings. The maximum atomic E-state index is 12.5. The molecular formula is C16H28N2O2S. The monoisotopic (exact) mass is 312 g/mol. The van der Waals surface area contributed by atoms with Crippen LogP contribution >= 0.6 is 0 Å². The summed E-state index contributed by atoms with van der Waals surface area (Å²) in [4.78, 5) is 0. The van der Waals surface area contributed by atoms with Crippen molar-refractivity contribution in [2.24, 2.45) is 0 Å². The summed E-state index contributed by atoms with van der Waals surface area (Å²) >= 11 is 0. The normalized spacial score (nSPS) is 11.6. The zero-order chi connectivity index (χ0) is 15.7. The molecule has 0 aliphatic heterocycles. The molecule has 0 atom stereocenters. The van der Waals surface area contributed by atoms with Gasteiger partial charge in [-0.2, -0.15) is 0 Å². The Morgan fingerprint density at radius 1 is 1.14 bits per heavy atom. The molecule has 0 saturated carbocycles. The predicted molar refractivity (Wildman–Crippen MR) is 90.4 cm³/mol. The Bertz CT molecular complexity index is 515. The largest absolute Gasteiger partial charge is 0.317 e. The zero-order valence-electron chi connectivity index (χ0n) is 13.4. The molecule has 0 amide bonds. The molecule has 1 N–H and O–H groups in total. The van der Waals surface area contributed by atoms with Gasteiger partial charge in [-0.25, -0.2) is 8.42 Å². The lowest BCUT2D eigenvalue weighted by Gasteiger charge is -2.23. The van der Waals surface area contributed by atoms with Crippen molar-refractivity contribution in [3.05, 3.63) is 29.8 Å². The maximum absolute atomic E-state index is 12.5. The van der Waals surface area contributed by atoms with Crippen molar-refractivity contribution in [2.75, 3.05) is 29.7 Å². The minimum Gasteiger partial charge on any atom is -0.317 e. The van der Waals surface area contributed by atoms with Crippen LogP contribution in [0.2, 0.25) is 0 Å². The third-order valence-corrected chi connectivity index (χ3v) is 5.29. The number of hydrogen-bond acceptors (Lipinski definition) is 3. The van der Waals surface area contributed by atoms with E-state index in [1.165, 1.54) is 4.31 Å². The van der Waals surface area contributed by atoms with E-state index in [1.807, 2.05) is 38.1 Å². The molecule has 0 aliphatic rings. The number of hydrogen-bond donors (Lipinski definition) is 1. The predicted octanol–water partition coefficient (Wildman–Crippen LogP) is 2.93. The Morgan fingerprint density at radius 2 is 1.90 bits per heavy atom. The summed E-state index contributed by atoms with van der Waals surface area (Å²) < 4.78 is 26.4. The van der Waals surface area contributed by atoms with Crippen LogP contribution in [0.15, 0.2) is 24.3 Å². The van der Waals surface area contributed by atoms with Gasteiger partial charge < -0.3 is 5.32 Å². The molecule has 0 unspecified atom stereocenters. The molecule has 0 saturated heterocycles. The summed E-state index contributed by atoms with van der Waals surface area (Å²) in [7, 11) is -3.23. The number of anilines is 1. The highest BCUT2D eigenvalue weighted by atomic mass is 32.2. The van der Waals surface area contributed by atoms with Crippen LogP contribution in [0, 0.1) is 6.92 Å². The summed E-state index contributed by atoms with van der Waals surface area (Å²) in [5, 5.41) is 3.30. The van der Waals surface area contributed by atoms with Crippen molar-refractivity contribution in [3.8, 4) is 0 Å². The minimum atomic E-state index is -3.23. The second kappa shape index (κ2) is 9.05. The molecule has 5 heteroatoms. The topological polar surface area (TPSA) is 49.4 Å². The molecular weight excluding hydrogens is 284 g/mol. The van der Waals surface area contributed by atoms with Crippen LogP contribution < -0.4 is 9.62 Å². The van der Waals surface area contributed by atoms with Crippen molar-refractivity contribution >= 4 is 15.7 Å². The highest BCUT2D eigenvalue weighted by Gasteiger charge is 2.20. The van der Waals surface area contributed by atoms with Crippen molar-refractivity contribution in [1.29, 1.82) is 0 Å². The first-order valence-electron chi connectivity index (χ1n) is 7.79. The van der Waals surface area contributed by atoms with Gasteiger partial charge in [0.15, 0.2) is 0 Å². The van der Waals surface area contributed by atoms with E-state index >= 15 is 0 Å². The van der Waals surface area contributed by atoms with Crippen LogP contribution in [0.5, 0.6) is 0 Å². The van der Waals surface area contributed by atoms with Crippen molar-refractivity contribution in [3.63, 3.8) is 0 Å². The summed E-state index contributed by atoms with van der Waals surface area (Å²) in [6.45, 7) is 8.33. The standard InChI is InChI=1S/C16H28N2O2S/c1-4-11-17-12-6-7-13-21(19,20)18(5-2)16-10-8-9-15(3)14-16/h8-10,14,17H,4-7,11-13H2,1-3H3. The second-order valence-corrected chi connectivity index (χ2v) is 7.29. The molecule has 0 radical (unpaired) electrons. The lowest BCUT2D eigenvalue weighted by Crippen LogP contribution is -2.33. The van der Waals surface area contributed by atoms with Crippen LogP contribution in [0.3, 0.4) is 0 Å². The Labute approximate surface area is 129 Å². The zero-order valence-corrected chi connectivity index (χ0v) is 14.2. The van der Waals surface area contributed by atoms with Gasteiger partial charge in [0.25, 0.3) is 0 Å². The van der Waals surface area contributed by atoms with Crippen molar-refractivity contribution < 1.29 is 8.42 Å². The number of sulfonamides is 1. The Balaban J connectivity index is 2.58. The fraction of sp³-hybridized carbons (Fsp3) is 0.625. The molecule has 120 valence electrons. The van der Waals surface area contributed by atoms with Crippen molar-refractivity contribution in [1.82, 2.24) is 5.32 Å². The quantitative estimate of drug-likeness (QED) is 0.676. The summed E-state index contributed by atoms with van der Waals surface area (Å²) in [5.74, 6) is 0.211. The van der Waals surface area contributed by atoms with Crippen LogP contribution in [0.25, 0.3) is 0 Å². The third kappa shape index (κ3) is 6.06. The van der Waals surface area contributed by atoms with Gasteiger partial charge in [-0.3, -0.25) is 4.31 Å². The second-order valence-electron chi connectivity index (χ2n) is 5.28. The number of rotatable bonds is 10. The lowest BCUT2D eigenvalue weighted by atomic mass is 10.2. The first-order valence-corrected chi connectivity index (χ1v) is 9.40. The average Bonchev–Trinajstić information content (AvgIpc) is 2.43. The minimum absolute atomic E-state index is 0.211. The van der Waals surface area contributed by atoms with Gasteiger partial charge in [0, 0.05) is 6.54 Å². The van der Waals surface area contributed by atoms with Gasteiger partial charge in [0.1, 0.15) is 0 Å². The van der Waals surface area contributed by atoms with E-state index in [9.17, 15) is 8.42 Å². The van der Waals surface area contributed by atoms with E-state index < -0.39 is 10.0 Å². The maximum Gasteiger partial charge on any atom is 0.235 e. The van der Waals surface area contributed by atoms with E-state index in [4.69, 9.17) is 0 Å².